The molecule has 1 aromatic rings. The van der Waals surface area contributed by atoms with Crippen molar-refractivity contribution in [2.24, 2.45) is 5.92 Å². The van der Waals surface area contributed by atoms with Gasteiger partial charge >= 0.3 is 0 Å². The maximum absolute atomic E-state index is 12.7. The van der Waals surface area contributed by atoms with Crippen LogP contribution in [0.5, 0.6) is 5.75 Å². The number of hydrogen-bond donors (Lipinski definition) is 0. The first-order valence-electron chi connectivity index (χ1n) is 8.97. The standard InChI is InChI=1S/C20H26N2O3/c1-13(2)25-16-7-5-15(6-8-16)17-18(20(24)21(4)19(17)23)22-11-9-14(3)10-12-22/h5-8,13-14H,9-12H2,1-4H3. The van der Waals surface area contributed by atoms with Crippen LogP contribution in [0.3, 0.4) is 0 Å². The third-order valence-electron chi connectivity index (χ3n) is 4.88. The minimum Gasteiger partial charge on any atom is -0.491 e. The van der Waals surface area contributed by atoms with E-state index in [1.54, 1.807) is 7.05 Å². The molecular formula is C20H26N2O3. The van der Waals surface area contributed by atoms with Gasteiger partial charge in [0, 0.05) is 20.1 Å². The van der Waals surface area contributed by atoms with Crippen molar-refractivity contribution in [1.29, 1.82) is 0 Å². The van der Waals surface area contributed by atoms with Crippen molar-refractivity contribution in [3.63, 3.8) is 0 Å². The molecule has 5 heteroatoms. The summed E-state index contributed by atoms with van der Waals surface area (Å²) in [5.41, 5.74) is 1.84. The quantitative estimate of drug-likeness (QED) is 0.790. The first-order chi connectivity index (χ1) is 11.9. The summed E-state index contributed by atoms with van der Waals surface area (Å²) in [6.07, 6.45) is 2.18. The van der Waals surface area contributed by atoms with E-state index in [2.05, 4.69) is 11.8 Å². The van der Waals surface area contributed by atoms with Crippen LogP contribution < -0.4 is 4.74 Å². The molecule has 134 valence electrons. The SMILES string of the molecule is CC1CCN(C2=C(c3ccc(OC(C)C)cc3)C(=O)N(C)C2=O)CC1. The highest BCUT2D eigenvalue weighted by Crippen LogP contribution is 2.33. The Kier molecular flexibility index (Phi) is 4.84. The van der Waals surface area contributed by atoms with Crippen molar-refractivity contribution in [2.75, 3.05) is 20.1 Å². The number of imide groups is 1. The number of benzene rings is 1. The number of carbonyl (C=O) groups is 2. The number of likely N-dealkylation sites (tertiary alicyclic amines) is 1. The van der Waals surface area contributed by atoms with Gasteiger partial charge in [0.25, 0.3) is 11.8 Å². The molecule has 3 rings (SSSR count). The van der Waals surface area contributed by atoms with Crippen molar-refractivity contribution in [3.05, 3.63) is 35.5 Å². The molecule has 0 aromatic heterocycles. The van der Waals surface area contributed by atoms with Gasteiger partial charge in [-0.3, -0.25) is 14.5 Å². The maximum Gasteiger partial charge on any atom is 0.277 e. The lowest BCUT2D eigenvalue weighted by Crippen LogP contribution is -2.37. The highest BCUT2D eigenvalue weighted by Gasteiger charge is 2.40. The first-order valence-corrected chi connectivity index (χ1v) is 8.97. The van der Waals surface area contributed by atoms with E-state index in [0.717, 1.165) is 37.2 Å². The van der Waals surface area contributed by atoms with Crippen LogP contribution in [0.25, 0.3) is 5.57 Å². The maximum atomic E-state index is 12.7. The van der Waals surface area contributed by atoms with Gasteiger partial charge in [0.1, 0.15) is 11.4 Å². The molecule has 1 saturated heterocycles. The van der Waals surface area contributed by atoms with Gasteiger partial charge in [-0.1, -0.05) is 19.1 Å². The molecule has 2 heterocycles. The zero-order valence-corrected chi connectivity index (χ0v) is 15.4. The minimum atomic E-state index is -0.226. The number of likely N-dealkylation sites (N-methyl/N-ethyl adjacent to an activating group) is 1. The Labute approximate surface area is 149 Å². The van der Waals surface area contributed by atoms with Gasteiger partial charge in [-0.25, -0.2) is 0 Å². The molecule has 2 aliphatic heterocycles. The van der Waals surface area contributed by atoms with Crippen LogP contribution in [0.1, 0.15) is 39.2 Å². The molecule has 2 aliphatic rings. The summed E-state index contributed by atoms with van der Waals surface area (Å²) in [5, 5.41) is 0. The number of ether oxygens (including phenoxy) is 1. The third-order valence-corrected chi connectivity index (χ3v) is 4.88. The van der Waals surface area contributed by atoms with Gasteiger partial charge in [0.2, 0.25) is 0 Å². The number of rotatable bonds is 4. The molecule has 0 radical (unpaired) electrons. The fraction of sp³-hybridized carbons (Fsp3) is 0.500. The lowest BCUT2D eigenvalue weighted by Gasteiger charge is -2.32. The molecule has 0 bridgehead atoms. The molecule has 2 amide bonds. The van der Waals surface area contributed by atoms with Gasteiger partial charge in [-0.05, 0) is 50.3 Å². The molecule has 0 unspecified atom stereocenters. The number of nitrogens with zero attached hydrogens (tertiary/aromatic N) is 2. The normalized spacial score (nSPS) is 19.4. The number of piperidine rings is 1. The third kappa shape index (κ3) is 3.41. The Balaban J connectivity index is 1.96. The van der Waals surface area contributed by atoms with Crippen LogP contribution >= 0.6 is 0 Å². The van der Waals surface area contributed by atoms with Crippen LogP contribution in [0.2, 0.25) is 0 Å². The number of amides is 2. The summed E-state index contributed by atoms with van der Waals surface area (Å²) in [5.74, 6) is 1.00. The predicted molar refractivity (Wildman–Crippen MR) is 96.9 cm³/mol. The minimum absolute atomic E-state index is 0.0942. The largest absolute Gasteiger partial charge is 0.491 e. The molecule has 25 heavy (non-hydrogen) atoms. The lowest BCUT2D eigenvalue weighted by molar-refractivity contribution is -0.136. The van der Waals surface area contributed by atoms with E-state index in [0.29, 0.717) is 17.2 Å². The Morgan fingerprint density at radius 2 is 1.64 bits per heavy atom. The van der Waals surface area contributed by atoms with E-state index < -0.39 is 0 Å². The van der Waals surface area contributed by atoms with Gasteiger partial charge in [0.15, 0.2) is 0 Å². The summed E-state index contributed by atoms with van der Waals surface area (Å²) >= 11 is 0. The van der Waals surface area contributed by atoms with E-state index in [4.69, 9.17) is 4.74 Å². The lowest BCUT2D eigenvalue weighted by atomic mass is 9.97. The average molecular weight is 342 g/mol. The van der Waals surface area contributed by atoms with E-state index in [-0.39, 0.29) is 17.9 Å². The number of carbonyl (C=O) groups excluding carboxylic acids is 2. The second-order valence-electron chi connectivity index (χ2n) is 7.25. The molecule has 1 fully saturated rings. The van der Waals surface area contributed by atoms with Crippen molar-refractivity contribution in [1.82, 2.24) is 9.80 Å². The van der Waals surface area contributed by atoms with E-state index in [1.165, 1.54) is 4.90 Å². The van der Waals surface area contributed by atoms with Gasteiger partial charge in [0.05, 0.1) is 11.7 Å². The Bertz CT molecular complexity index is 698. The van der Waals surface area contributed by atoms with Crippen molar-refractivity contribution in [2.45, 2.75) is 39.7 Å². The Morgan fingerprint density at radius 3 is 2.20 bits per heavy atom. The molecule has 0 atom stereocenters. The molecule has 0 N–H and O–H groups in total. The molecule has 5 nitrogen and oxygen atoms in total. The summed E-state index contributed by atoms with van der Waals surface area (Å²) in [7, 11) is 1.56. The van der Waals surface area contributed by atoms with Gasteiger partial charge < -0.3 is 9.64 Å². The van der Waals surface area contributed by atoms with Crippen LogP contribution in [-0.4, -0.2) is 47.9 Å². The monoisotopic (exact) mass is 342 g/mol. The fourth-order valence-corrected chi connectivity index (χ4v) is 3.39. The molecule has 1 aromatic carbocycles. The van der Waals surface area contributed by atoms with Crippen molar-refractivity contribution in [3.8, 4) is 5.75 Å². The smallest absolute Gasteiger partial charge is 0.277 e. The van der Waals surface area contributed by atoms with Crippen LogP contribution in [0, 0.1) is 5.92 Å². The summed E-state index contributed by atoms with van der Waals surface area (Å²) < 4.78 is 5.67. The second-order valence-corrected chi connectivity index (χ2v) is 7.25. The summed E-state index contributed by atoms with van der Waals surface area (Å²) in [6, 6.07) is 7.44. The van der Waals surface area contributed by atoms with Crippen LogP contribution in [-0.2, 0) is 9.59 Å². The van der Waals surface area contributed by atoms with E-state index in [1.807, 2.05) is 38.1 Å². The molecule has 0 saturated carbocycles. The topological polar surface area (TPSA) is 49.9 Å². The van der Waals surface area contributed by atoms with E-state index >= 15 is 0 Å². The first kappa shape index (κ1) is 17.5. The van der Waals surface area contributed by atoms with Crippen LogP contribution in [0.4, 0.5) is 0 Å². The zero-order valence-electron chi connectivity index (χ0n) is 15.4. The average Bonchev–Trinajstić information content (AvgIpc) is 2.80. The zero-order chi connectivity index (χ0) is 18.1. The van der Waals surface area contributed by atoms with Crippen molar-refractivity contribution >= 4 is 17.4 Å². The van der Waals surface area contributed by atoms with Crippen molar-refractivity contribution < 1.29 is 14.3 Å². The predicted octanol–water partition coefficient (Wildman–Crippen LogP) is 2.92. The van der Waals surface area contributed by atoms with E-state index in [9.17, 15) is 9.59 Å². The molecule has 0 spiro atoms. The molecule has 0 aliphatic carbocycles. The highest BCUT2D eigenvalue weighted by atomic mass is 16.5. The Hall–Kier alpha value is -2.30. The van der Waals surface area contributed by atoms with Gasteiger partial charge in [-0.15, -0.1) is 0 Å². The number of hydrogen-bond acceptors (Lipinski definition) is 4. The summed E-state index contributed by atoms with van der Waals surface area (Å²) in [6.45, 7) is 7.82. The molecular weight excluding hydrogens is 316 g/mol. The Morgan fingerprint density at radius 1 is 1.04 bits per heavy atom. The second kappa shape index (κ2) is 6.90. The van der Waals surface area contributed by atoms with Crippen LogP contribution in [0.15, 0.2) is 30.0 Å². The highest BCUT2D eigenvalue weighted by molar-refractivity contribution is 6.35. The summed E-state index contributed by atoms with van der Waals surface area (Å²) in [4.78, 5) is 28.7. The van der Waals surface area contributed by atoms with Gasteiger partial charge in [-0.2, -0.15) is 0 Å². The fourth-order valence-electron chi connectivity index (χ4n) is 3.39.